The van der Waals surface area contributed by atoms with Crippen molar-refractivity contribution in [3.8, 4) is 22.8 Å². The molecule has 0 fully saturated rings. The summed E-state index contributed by atoms with van der Waals surface area (Å²) < 4.78 is 16.0. The van der Waals surface area contributed by atoms with E-state index in [9.17, 15) is 4.79 Å². The van der Waals surface area contributed by atoms with Crippen LogP contribution in [0.4, 0.5) is 0 Å². The fourth-order valence-corrected chi connectivity index (χ4v) is 4.50. The number of thiophene rings is 1. The fraction of sp³-hybridized carbons (Fsp3) is 0.261. The van der Waals surface area contributed by atoms with Crippen molar-refractivity contribution in [2.24, 2.45) is 0 Å². The summed E-state index contributed by atoms with van der Waals surface area (Å²) >= 11 is 1.69. The molecule has 1 amide bonds. The summed E-state index contributed by atoms with van der Waals surface area (Å²) in [7, 11) is 3.17. The molecule has 0 radical (unpaired) electrons. The summed E-state index contributed by atoms with van der Waals surface area (Å²) in [6.07, 6.45) is 0. The predicted octanol–water partition coefficient (Wildman–Crippen LogP) is 4.82. The summed E-state index contributed by atoms with van der Waals surface area (Å²) in [6.45, 7) is 6.23. The zero-order valence-electron chi connectivity index (χ0n) is 18.0. The highest BCUT2D eigenvalue weighted by atomic mass is 32.1. The largest absolute Gasteiger partial charge is 0.493 e. The summed E-state index contributed by atoms with van der Waals surface area (Å²) in [6, 6.07) is 9.43. The molecule has 7 nitrogen and oxygen atoms in total. The van der Waals surface area contributed by atoms with Crippen LogP contribution in [0.1, 0.15) is 31.4 Å². The van der Waals surface area contributed by atoms with Gasteiger partial charge in [0.25, 0.3) is 11.6 Å². The topological polar surface area (TPSA) is 86.5 Å². The number of methoxy groups -OCH3 is 2. The predicted molar refractivity (Wildman–Crippen MR) is 120 cm³/mol. The number of rotatable bonds is 6. The van der Waals surface area contributed by atoms with E-state index in [1.165, 1.54) is 4.88 Å². The van der Waals surface area contributed by atoms with Crippen LogP contribution < -0.4 is 14.8 Å². The third-order valence-corrected chi connectivity index (χ3v) is 6.05. The molecule has 0 bridgehead atoms. The Morgan fingerprint density at radius 2 is 1.87 bits per heavy atom. The van der Waals surface area contributed by atoms with E-state index in [4.69, 9.17) is 14.0 Å². The lowest BCUT2D eigenvalue weighted by Crippen LogP contribution is -2.23. The number of ether oxygens (including phenoxy) is 2. The summed E-state index contributed by atoms with van der Waals surface area (Å²) in [5.41, 5.74) is 4.05. The van der Waals surface area contributed by atoms with Gasteiger partial charge in [0.1, 0.15) is 0 Å². The van der Waals surface area contributed by atoms with Crippen LogP contribution in [0.3, 0.4) is 0 Å². The Bertz CT molecular complexity index is 1280. The van der Waals surface area contributed by atoms with Crippen LogP contribution in [0, 0.1) is 20.8 Å². The van der Waals surface area contributed by atoms with Gasteiger partial charge in [-0.1, -0.05) is 11.2 Å². The SMILES string of the molecule is COc1ccc(CNC(=O)c2cc(-c3cc(C)sc3C)nc3onc(C)c23)cc1OC. The summed E-state index contributed by atoms with van der Waals surface area (Å²) in [5, 5.41) is 7.62. The van der Waals surface area contributed by atoms with Crippen molar-refractivity contribution in [1.29, 1.82) is 0 Å². The highest BCUT2D eigenvalue weighted by Gasteiger charge is 2.20. The molecule has 3 aromatic heterocycles. The molecule has 0 aliphatic carbocycles. The smallest absolute Gasteiger partial charge is 0.259 e. The number of hydrogen-bond acceptors (Lipinski definition) is 7. The van der Waals surface area contributed by atoms with Crippen molar-refractivity contribution in [2.45, 2.75) is 27.3 Å². The van der Waals surface area contributed by atoms with E-state index in [1.54, 1.807) is 32.5 Å². The van der Waals surface area contributed by atoms with E-state index in [0.29, 0.717) is 46.1 Å². The Balaban J connectivity index is 1.67. The van der Waals surface area contributed by atoms with Crippen LogP contribution in [0.25, 0.3) is 22.4 Å². The van der Waals surface area contributed by atoms with Gasteiger partial charge in [-0.05, 0) is 50.6 Å². The molecule has 0 spiro atoms. The van der Waals surface area contributed by atoms with E-state index in [-0.39, 0.29) is 5.91 Å². The maximum Gasteiger partial charge on any atom is 0.259 e. The van der Waals surface area contributed by atoms with Gasteiger partial charge in [-0.2, -0.15) is 0 Å². The van der Waals surface area contributed by atoms with Gasteiger partial charge in [0.2, 0.25) is 0 Å². The maximum atomic E-state index is 13.2. The van der Waals surface area contributed by atoms with Crippen molar-refractivity contribution in [1.82, 2.24) is 15.5 Å². The standard InChI is InChI=1S/C23H23N3O4S/c1-12-8-16(14(3)31-12)18-10-17(21-13(2)26-30-23(21)25-18)22(27)24-11-15-6-7-19(28-4)20(9-15)29-5/h6-10H,11H2,1-5H3,(H,24,27). The lowest BCUT2D eigenvalue weighted by molar-refractivity contribution is 0.0952. The molecule has 4 aromatic rings. The Morgan fingerprint density at radius 1 is 1.10 bits per heavy atom. The van der Waals surface area contributed by atoms with Crippen LogP contribution >= 0.6 is 11.3 Å². The monoisotopic (exact) mass is 437 g/mol. The number of fused-ring (bicyclic) bond motifs is 1. The number of carbonyl (C=O) groups is 1. The van der Waals surface area contributed by atoms with Gasteiger partial charge in [-0.3, -0.25) is 4.79 Å². The molecule has 160 valence electrons. The Morgan fingerprint density at radius 3 is 2.55 bits per heavy atom. The summed E-state index contributed by atoms with van der Waals surface area (Å²) in [5.74, 6) is 1.03. The second kappa shape index (κ2) is 8.39. The number of nitrogens with zero attached hydrogens (tertiary/aromatic N) is 2. The molecular formula is C23H23N3O4S. The van der Waals surface area contributed by atoms with Crippen molar-refractivity contribution in [3.05, 3.63) is 56.9 Å². The second-order valence-corrected chi connectivity index (χ2v) is 8.66. The first-order chi connectivity index (χ1) is 14.9. The molecule has 0 atom stereocenters. The van der Waals surface area contributed by atoms with E-state index < -0.39 is 0 Å². The van der Waals surface area contributed by atoms with Crippen molar-refractivity contribution < 1.29 is 18.8 Å². The van der Waals surface area contributed by atoms with Gasteiger partial charge in [0.15, 0.2) is 11.5 Å². The number of amides is 1. The van der Waals surface area contributed by atoms with Crippen molar-refractivity contribution in [2.75, 3.05) is 14.2 Å². The average Bonchev–Trinajstić information content (AvgIpc) is 3.32. The van der Waals surface area contributed by atoms with Crippen molar-refractivity contribution >= 4 is 28.3 Å². The van der Waals surface area contributed by atoms with Gasteiger partial charge >= 0.3 is 0 Å². The van der Waals surface area contributed by atoms with E-state index in [1.807, 2.05) is 31.2 Å². The quantitative estimate of drug-likeness (QED) is 0.465. The first kappa shape index (κ1) is 20.9. The van der Waals surface area contributed by atoms with Crippen LogP contribution in [-0.2, 0) is 6.54 Å². The molecule has 1 aromatic carbocycles. The minimum atomic E-state index is -0.223. The Kier molecular flexibility index (Phi) is 5.65. The number of aryl methyl sites for hydroxylation is 3. The molecule has 1 N–H and O–H groups in total. The molecule has 0 aliphatic rings. The second-order valence-electron chi connectivity index (χ2n) is 7.20. The van der Waals surface area contributed by atoms with E-state index in [2.05, 4.69) is 28.4 Å². The minimum Gasteiger partial charge on any atom is -0.493 e. The van der Waals surface area contributed by atoms with Gasteiger partial charge in [0.05, 0.1) is 36.6 Å². The number of benzene rings is 1. The molecule has 0 saturated carbocycles. The third kappa shape index (κ3) is 3.98. The number of pyridine rings is 1. The molecule has 0 aliphatic heterocycles. The molecule has 0 saturated heterocycles. The molecule has 4 rings (SSSR count). The van der Waals surface area contributed by atoms with E-state index in [0.717, 1.165) is 16.0 Å². The highest BCUT2D eigenvalue weighted by molar-refractivity contribution is 7.12. The fourth-order valence-electron chi connectivity index (χ4n) is 3.57. The molecule has 0 unspecified atom stereocenters. The normalized spacial score (nSPS) is 11.0. The van der Waals surface area contributed by atoms with Gasteiger partial charge in [0, 0.05) is 21.9 Å². The first-order valence-corrected chi connectivity index (χ1v) is 10.6. The van der Waals surface area contributed by atoms with Crippen LogP contribution in [0.5, 0.6) is 11.5 Å². The Hall–Kier alpha value is -3.39. The molecule has 3 heterocycles. The average molecular weight is 438 g/mol. The lowest BCUT2D eigenvalue weighted by Gasteiger charge is -2.11. The molecule has 8 heteroatoms. The number of hydrogen-bond donors (Lipinski definition) is 1. The number of aromatic nitrogens is 2. The minimum absolute atomic E-state index is 0.223. The van der Waals surface area contributed by atoms with Crippen LogP contribution in [-0.4, -0.2) is 30.3 Å². The molecular weight excluding hydrogens is 414 g/mol. The maximum absolute atomic E-state index is 13.2. The van der Waals surface area contributed by atoms with Gasteiger partial charge in [-0.25, -0.2) is 4.98 Å². The van der Waals surface area contributed by atoms with Gasteiger partial charge in [-0.15, -0.1) is 11.3 Å². The van der Waals surface area contributed by atoms with Crippen LogP contribution in [0.15, 0.2) is 34.9 Å². The van der Waals surface area contributed by atoms with Crippen LogP contribution in [0.2, 0.25) is 0 Å². The third-order valence-electron chi connectivity index (χ3n) is 5.08. The first-order valence-electron chi connectivity index (χ1n) is 9.74. The van der Waals surface area contributed by atoms with Crippen molar-refractivity contribution in [3.63, 3.8) is 0 Å². The van der Waals surface area contributed by atoms with Gasteiger partial charge < -0.3 is 19.3 Å². The molecule has 31 heavy (non-hydrogen) atoms. The van der Waals surface area contributed by atoms with E-state index >= 15 is 0 Å². The summed E-state index contributed by atoms with van der Waals surface area (Å²) in [4.78, 5) is 20.1. The highest BCUT2D eigenvalue weighted by Crippen LogP contribution is 2.33. The zero-order chi connectivity index (χ0) is 22.1. The lowest BCUT2D eigenvalue weighted by atomic mass is 10.1. The zero-order valence-corrected chi connectivity index (χ0v) is 18.8. The Labute approximate surface area is 184 Å². The number of nitrogens with one attached hydrogen (secondary N) is 1. The number of carbonyl (C=O) groups excluding carboxylic acids is 1.